The molecular weight excluding hydrogens is 277 g/mol. The number of rotatable bonds is 3. The van der Waals surface area contributed by atoms with Crippen molar-refractivity contribution in [3.8, 4) is 11.6 Å². The quantitative estimate of drug-likeness (QED) is 0.905. The first-order chi connectivity index (χ1) is 9.36. The average Bonchev–Trinajstić information content (AvgIpc) is 2.40. The third-order valence-corrected chi connectivity index (χ3v) is 2.41. The molecule has 20 heavy (non-hydrogen) atoms. The first-order valence-electron chi connectivity index (χ1n) is 5.44. The maximum atomic E-state index is 12.3. The van der Waals surface area contributed by atoms with Gasteiger partial charge < -0.3 is 9.84 Å². The van der Waals surface area contributed by atoms with E-state index in [1.165, 1.54) is 12.1 Å². The fourth-order valence-electron chi connectivity index (χ4n) is 1.41. The van der Waals surface area contributed by atoms with Crippen molar-refractivity contribution in [1.82, 2.24) is 10.2 Å². The van der Waals surface area contributed by atoms with Crippen LogP contribution in [0.1, 0.15) is 11.3 Å². The molecule has 0 aliphatic rings. The van der Waals surface area contributed by atoms with Gasteiger partial charge in [0.15, 0.2) is 0 Å². The molecule has 0 saturated carbocycles. The van der Waals surface area contributed by atoms with Crippen LogP contribution in [0.25, 0.3) is 0 Å². The van der Waals surface area contributed by atoms with E-state index in [1.807, 2.05) is 0 Å². The lowest BCUT2D eigenvalue weighted by atomic mass is 10.2. The summed E-state index contributed by atoms with van der Waals surface area (Å²) in [5, 5.41) is 14.6. The molecule has 1 heterocycles. The first-order valence-corrected chi connectivity index (χ1v) is 5.44. The molecule has 106 valence electrons. The van der Waals surface area contributed by atoms with Crippen molar-refractivity contribution in [3.63, 3.8) is 0 Å². The maximum Gasteiger partial charge on any atom is 0.416 e. The van der Waals surface area contributed by atoms with Crippen LogP contribution in [0.3, 0.4) is 0 Å². The zero-order valence-corrected chi connectivity index (χ0v) is 9.94. The highest BCUT2D eigenvalue weighted by Crippen LogP contribution is 2.30. The molecule has 0 atom stereocenters. The average molecular weight is 286 g/mol. The van der Waals surface area contributed by atoms with E-state index < -0.39 is 23.0 Å². The monoisotopic (exact) mass is 286 g/mol. The minimum absolute atomic E-state index is 0.0894. The molecule has 2 N–H and O–H groups in total. The summed E-state index contributed by atoms with van der Waals surface area (Å²) in [4.78, 5) is 11.1. The van der Waals surface area contributed by atoms with Crippen molar-refractivity contribution >= 4 is 0 Å². The number of hydrogen-bond donors (Lipinski definition) is 2. The van der Waals surface area contributed by atoms with E-state index in [9.17, 15) is 18.0 Å². The fraction of sp³-hybridized carbons (Fsp3) is 0.167. The van der Waals surface area contributed by atoms with Crippen LogP contribution in [0.4, 0.5) is 13.2 Å². The summed E-state index contributed by atoms with van der Waals surface area (Å²) in [5.41, 5.74) is -1.16. The van der Waals surface area contributed by atoms with Crippen molar-refractivity contribution in [2.24, 2.45) is 0 Å². The smallest absolute Gasteiger partial charge is 0.416 e. The summed E-state index contributed by atoms with van der Waals surface area (Å²) >= 11 is 0. The highest BCUT2D eigenvalue weighted by molar-refractivity contribution is 5.29. The third-order valence-electron chi connectivity index (χ3n) is 2.41. The maximum absolute atomic E-state index is 12.3. The minimum atomic E-state index is -4.40. The van der Waals surface area contributed by atoms with E-state index in [1.54, 1.807) is 0 Å². The molecule has 8 heteroatoms. The summed E-state index contributed by atoms with van der Waals surface area (Å²) < 4.78 is 42.2. The summed E-state index contributed by atoms with van der Waals surface area (Å²) in [6.45, 7) is -0.0894. The van der Waals surface area contributed by atoms with Gasteiger partial charge in [0.2, 0.25) is 5.43 Å². The molecule has 0 bridgehead atoms. The number of alkyl halides is 3. The van der Waals surface area contributed by atoms with Gasteiger partial charge in [0.25, 0.3) is 5.88 Å². The fourth-order valence-corrected chi connectivity index (χ4v) is 1.41. The minimum Gasteiger partial charge on any atom is -0.490 e. The Morgan fingerprint density at radius 2 is 1.90 bits per heavy atom. The zero-order chi connectivity index (χ0) is 14.8. The number of aromatic hydroxyl groups is 1. The zero-order valence-electron chi connectivity index (χ0n) is 9.94. The van der Waals surface area contributed by atoms with E-state index in [-0.39, 0.29) is 18.1 Å². The number of aromatic amines is 1. The first kappa shape index (κ1) is 13.9. The summed E-state index contributed by atoms with van der Waals surface area (Å²) in [6, 6.07) is 5.23. The van der Waals surface area contributed by atoms with Gasteiger partial charge in [-0.25, -0.2) is 0 Å². The number of benzene rings is 1. The second kappa shape index (κ2) is 5.24. The molecule has 1 aromatic heterocycles. The van der Waals surface area contributed by atoms with Gasteiger partial charge >= 0.3 is 6.18 Å². The number of H-pyrrole nitrogens is 1. The number of halogens is 3. The van der Waals surface area contributed by atoms with Crippen LogP contribution in [-0.2, 0) is 12.8 Å². The highest BCUT2D eigenvalue weighted by Gasteiger charge is 2.29. The van der Waals surface area contributed by atoms with Crippen molar-refractivity contribution < 1.29 is 23.0 Å². The Morgan fingerprint density at radius 1 is 1.25 bits per heavy atom. The van der Waals surface area contributed by atoms with Gasteiger partial charge in [-0.2, -0.15) is 13.2 Å². The normalized spacial score (nSPS) is 11.3. The van der Waals surface area contributed by atoms with Crippen LogP contribution >= 0.6 is 0 Å². The molecule has 5 nitrogen and oxygen atoms in total. The van der Waals surface area contributed by atoms with Crippen LogP contribution in [0.2, 0.25) is 0 Å². The molecule has 0 aliphatic carbocycles. The molecule has 2 aromatic rings. The van der Waals surface area contributed by atoms with Crippen molar-refractivity contribution in [1.29, 1.82) is 0 Å². The molecule has 0 fully saturated rings. The van der Waals surface area contributed by atoms with E-state index in [0.717, 1.165) is 18.2 Å². The van der Waals surface area contributed by atoms with Crippen LogP contribution in [-0.4, -0.2) is 15.3 Å². The number of aromatic nitrogens is 2. The summed E-state index contributed by atoms with van der Waals surface area (Å²) in [5.74, 6) is -0.449. The third kappa shape index (κ3) is 3.28. The molecule has 1 aromatic carbocycles. The Morgan fingerprint density at radius 3 is 2.45 bits per heavy atom. The standard InChI is InChI=1S/C12H9F3N2O3/c13-12(14,15)7-1-3-9(4-2-7)20-6-8-5-10(18)11(19)17-16-8/h1-5H,6H2,(H,16,18)(H,17,19). The SMILES string of the molecule is O=c1cc(COc2ccc(C(F)(F)F)cc2)[nH]nc1O. The molecule has 0 unspecified atom stereocenters. The van der Waals surface area contributed by atoms with Crippen LogP contribution in [0, 0.1) is 0 Å². The second-order valence-electron chi connectivity index (χ2n) is 3.89. The van der Waals surface area contributed by atoms with Crippen molar-refractivity contribution in [2.45, 2.75) is 12.8 Å². The van der Waals surface area contributed by atoms with E-state index >= 15 is 0 Å². The van der Waals surface area contributed by atoms with E-state index in [0.29, 0.717) is 0 Å². The molecule has 0 amide bonds. The van der Waals surface area contributed by atoms with Crippen LogP contribution < -0.4 is 10.2 Å². The Balaban J connectivity index is 2.04. The van der Waals surface area contributed by atoms with Gasteiger partial charge in [-0.15, -0.1) is 5.10 Å². The Labute approximate surface area is 110 Å². The Kier molecular flexibility index (Phi) is 3.64. The highest BCUT2D eigenvalue weighted by atomic mass is 19.4. The van der Waals surface area contributed by atoms with Crippen molar-refractivity contribution in [3.05, 3.63) is 51.8 Å². The number of ether oxygens (including phenoxy) is 1. The number of hydrogen-bond acceptors (Lipinski definition) is 4. The lowest BCUT2D eigenvalue weighted by Gasteiger charge is -2.09. The van der Waals surface area contributed by atoms with Gasteiger partial charge in [-0.1, -0.05) is 0 Å². The second-order valence-corrected chi connectivity index (χ2v) is 3.89. The predicted molar refractivity (Wildman–Crippen MR) is 62.3 cm³/mol. The molecule has 0 aliphatic heterocycles. The molecule has 0 spiro atoms. The number of nitrogens with zero attached hydrogens (tertiary/aromatic N) is 1. The van der Waals surface area contributed by atoms with Crippen LogP contribution in [0.15, 0.2) is 35.1 Å². The van der Waals surface area contributed by atoms with Gasteiger partial charge in [-0.3, -0.25) is 9.89 Å². The predicted octanol–water partition coefficient (Wildman–Crippen LogP) is 2.07. The van der Waals surface area contributed by atoms with Crippen LogP contribution in [0.5, 0.6) is 11.6 Å². The lowest BCUT2D eigenvalue weighted by molar-refractivity contribution is -0.137. The number of nitrogens with one attached hydrogen (secondary N) is 1. The largest absolute Gasteiger partial charge is 0.490 e. The Hall–Kier alpha value is -2.51. The topological polar surface area (TPSA) is 75.2 Å². The van der Waals surface area contributed by atoms with Gasteiger partial charge in [-0.05, 0) is 24.3 Å². The Bertz CT molecular complexity index is 650. The molecular formula is C12H9F3N2O3. The van der Waals surface area contributed by atoms with Gasteiger partial charge in [0.05, 0.1) is 11.3 Å². The van der Waals surface area contributed by atoms with E-state index in [4.69, 9.17) is 9.84 Å². The van der Waals surface area contributed by atoms with Crippen molar-refractivity contribution in [2.75, 3.05) is 0 Å². The van der Waals surface area contributed by atoms with E-state index in [2.05, 4.69) is 10.2 Å². The van der Waals surface area contributed by atoms with Gasteiger partial charge in [0.1, 0.15) is 12.4 Å². The molecule has 0 saturated heterocycles. The molecule has 0 radical (unpaired) electrons. The summed E-state index contributed by atoms with van der Waals surface area (Å²) in [6.07, 6.45) is -4.40. The van der Waals surface area contributed by atoms with Gasteiger partial charge in [0, 0.05) is 6.07 Å². The summed E-state index contributed by atoms with van der Waals surface area (Å²) in [7, 11) is 0. The molecule has 2 rings (SSSR count). The lowest BCUT2D eigenvalue weighted by Crippen LogP contribution is -2.08.